The molecule has 19 heavy (non-hydrogen) atoms. The maximum Gasteiger partial charge on any atom is 0.240 e. The van der Waals surface area contributed by atoms with E-state index in [0.717, 1.165) is 0 Å². The standard InChI is InChI=1S/C11H15BrClNO4S/c1-17-7-8(18-2)6-14-19(15,16)9-3-4-11(13)10(12)5-9/h3-5,8,14H,6-7H2,1-2H3. The van der Waals surface area contributed by atoms with Crippen molar-refractivity contribution in [1.29, 1.82) is 0 Å². The van der Waals surface area contributed by atoms with E-state index in [1.807, 2.05) is 0 Å². The Labute approximate surface area is 126 Å². The van der Waals surface area contributed by atoms with Crippen LogP contribution in [0.5, 0.6) is 0 Å². The molecule has 0 saturated heterocycles. The number of benzene rings is 1. The second-order valence-corrected chi connectivity index (χ2v) is 6.77. The van der Waals surface area contributed by atoms with Crippen molar-refractivity contribution < 1.29 is 17.9 Å². The first kappa shape index (κ1) is 16.9. The summed E-state index contributed by atoms with van der Waals surface area (Å²) in [6.07, 6.45) is -0.337. The molecule has 1 atom stereocenters. The van der Waals surface area contributed by atoms with Gasteiger partial charge in [-0.2, -0.15) is 0 Å². The van der Waals surface area contributed by atoms with Crippen molar-refractivity contribution in [1.82, 2.24) is 4.72 Å². The van der Waals surface area contributed by atoms with Gasteiger partial charge in [-0.3, -0.25) is 0 Å². The van der Waals surface area contributed by atoms with Gasteiger partial charge in [-0.05, 0) is 34.1 Å². The van der Waals surface area contributed by atoms with Crippen LogP contribution in [0.2, 0.25) is 5.02 Å². The van der Waals surface area contributed by atoms with Crippen LogP contribution in [0, 0.1) is 0 Å². The van der Waals surface area contributed by atoms with Crippen LogP contribution in [0.3, 0.4) is 0 Å². The monoisotopic (exact) mass is 371 g/mol. The largest absolute Gasteiger partial charge is 0.382 e. The number of ether oxygens (including phenoxy) is 2. The van der Waals surface area contributed by atoms with E-state index in [0.29, 0.717) is 16.1 Å². The summed E-state index contributed by atoms with van der Waals surface area (Å²) in [6.45, 7) is 0.441. The summed E-state index contributed by atoms with van der Waals surface area (Å²) in [5.74, 6) is 0. The molecule has 0 bridgehead atoms. The van der Waals surface area contributed by atoms with Crippen molar-refractivity contribution >= 4 is 37.6 Å². The molecular weight excluding hydrogens is 358 g/mol. The van der Waals surface area contributed by atoms with Crippen LogP contribution in [0.15, 0.2) is 27.6 Å². The molecule has 0 aliphatic carbocycles. The number of hydrogen-bond acceptors (Lipinski definition) is 4. The number of halogens is 2. The Balaban J connectivity index is 2.78. The molecule has 0 amide bonds. The molecule has 1 rings (SSSR count). The van der Waals surface area contributed by atoms with Crippen LogP contribution in [0.1, 0.15) is 0 Å². The van der Waals surface area contributed by atoms with E-state index >= 15 is 0 Å². The van der Waals surface area contributed by atoms with E-state index in [9.17, 15) is 8.42 Å². The van der Waals surface area contributed by atoms with Crippen LogP contribution in [-0.4, -0.2) is 41.9 Å². The number of methoxy groups -OCH3 is 2. The highest BCUT2D eigenvalue weighted by molar-refractivity contribution is 9.10. The summed E-state index contributed by atoms with van der Waals surface area (Å²) in [6, 6.07) is 4.40. The average molecular weight is 373 g/mol. The normalized spacial score (nSPS) is 13.5. The second-order valence-electron chi connectivity index (χ2n) is 3.74. The zero-order chi connectivity index (χ0) is 14.5. The molecule has 0 aliphatic heterocycles. The highest BCUT2D eigenvalue weighted by Gasteiger charge is 2.17. The molecule has 0 aliphatic rings. The molecule has 0 fully saturated rings. The Morgan fingerprint density at radius 3 is 2.63 bits per heavy atom. The Morgan fingerprint density at radius 1 is 1.42 bits per heavy atom. The van der Waals surface area contributed by atoms with Gasteiger partial charge in [-0.15, -0.1) is 0 Å². The highest BCUT2D eigenvalue weighted by Crippen LogP contribution is 2.25. The fraction of sp³-hybridized carbons (Fsp3) is 0.455. The lowest BCUT2D eigenvalue weighted by Crippen LogP contribution is -2.35. The first-order valence-electron chi connectivity index (χ1n) is 5.37. The van der Waals surface area contributed by atoms with Gasteiger partial charge < -0.3 is 9.47 Å². The molecule has 1 unspecified atom stereocenters. The lowest BCUT2D eigenvalue weighted by molar-refractivity contribution is 0.0320. The van der Waals surface area contributed by atoms with Crippen LogP contribution >= 0.6 is 27.5 Å². The molecule has 1 aromatic carbocycles. The third-order valence-corrected chi connectivity index (χ3v) is 5.02. The fourth-order valence-electron chi connectivity index (χ4n) is 1.33. The Bertz CT molecular complexity index is 523. The predicted molar refractivity (Wildman–Crippen MR) is 77.0 cm³/mol. The Hall–Kier alpha value is -0.180. The number of nitrogens with one attached hydrogen (secondary N) is 1. The van der Waals surface area contributed by atoms with Crippen LogP contribution in [0.4, 0.5) is 0 Å². The third kappa shape index (κ3) is 5.02. The molecule has 0 spiro atoms. The minimum atomic E-state index is -3.60. The van der Waals surface area contributed by atoms with Gasteiger partial charge in [0.15, 0.2) is 0 Å². The van der Waals surface area contributed by atoms with Crippen LogP contribution < -0.4 is 4.72 Å². The number of hydrogen-bond donors (Lipinski definition) is 1. The molecule has 5 nitrogen and oxygen atoms in total. The quantitative estimate of drug-likeness (QED) is 0.795. The topological polar surface area (TPSA) is 64.6 Å². The third-order valence-electron chi connectivity index (χ3n) is 2.39. The summed E-state index contributed by atoms with van der Waals surface area (Å²) in [4.78, 5) is 0.135. The fourth-order valence-corrected chi connectivity index (χ4v) is 3.07. The van der Waals surface area contributed by atoms with E-state index in [1.165, 1.54) is 32.4 Å². The lowest BCUT2D eigenvalue weighted by atomic mass is 10.4. The van der Waals surface area contributed by atoms with Crippen LogP contribution in [-0.2, 0) is 19.5 Å². The average Bonchev–Trinajstić information content (AvgIpc) is 2.37. The zero-order valence-electron chi connectivity index (χ0n) is 10.5. The molecule has 0 heterocycles. The van der Waals surface area contributed by atoms with Gasteiger partial charge in [0.25, 0.3) is 0 Å². The van der Waals surface area contributed by atoms with Gasteiger partial charge in [0.05, 0.1) is 22.6 Å². The van der Waals surface area contributed by atoms with Crippen molar-refractivity contribution in [2.45, 2.75) is 11.0 Å². The summed E-state index contributed by atoms with van der Waals surface area (Å²) < 4.78 is 37.1. The second kappa shape index (κ2) is 7.56. The minimum Gasteiger partial charge on any atom is -0.382 e. The van der Waals surface area contributed by atoms with E-state index in [2.05, 4.69) is 20.7 Å². The van der Waals surface area contributed by atoms with Gasteiger partial charge in [0.2, 0.25) is 10.0 Å². The molecule has 108 valence electrons. The summed E-state index contributed by atoms with van der Waals surface area (Å²) >= 11 is 9.01. The number of sulfonamides is 1. The van der Waals surface area contributed by atoms with Gasteiger partial charge in [0.1, 0.15) is 0 Å². The van der Waals surface area contributed by atoms with Gasteiger partial charge in [-0.1, -0.05) is 11.6 Å². The zero-order valence-corrected chi connectivity index (χ0v) is 13.7. The molecule has 0 radical (unpaired) electrons. The maximum atomic E-state index is 12.0. The Morgan fingerprint density at radius 2 is 2.11 bits per heavy atom. The van der Waals surface area contributed by atoms with Crippen molar-refractivity contribution in [2.75, 3.05) is 27.4 Å². The van der Waals surface area contributed by atoms with Crippen molar-refractivity contribution in [2.24, 2.45) is 0 Å². The molecule has 1 N–H and O–H groups in total. The predicted octanol–water partition coefficient (Wildman–Crippen LogP) is 2.04. The highest BCUT2D eigenvalue weighted by atomic mass is 79.9. The SMILES string of the molecule is COCC(CNS(=O)(=O)c1ccc(Cl)c(Br)c1)OC. The molecular formula is C11H15BrClNO4S. The summed E-state index contributed by atoms with van der Waals surface area (Å²) in [7, 11) is -0.576. The first-order valence-corrected chi connectivity index (χ1v) is 8.02. The lowest BCUT2D eigenvalue weighted by Gasteiger charge is -2.15. The summed E-state index contributed by atoms with van der Waals surface area (Å²) in [5, 5.41) is 0.452. The summed E-state index contributed by atoms with van der Waals surface area (Å²) in [5.41, 5.74) is 0. The molecule has 0 aromatic heterocycles. The van der Waals surface area contributed by atoms with Gasteiger partial charge in [0, 0.05) is 25.2 Å². The van der Waals surface area contributed by atoms with Crippen molar-refractivity contribution in [3.63, 3.8) is 0 Å². The molecule has 1 aromatic rings. The van der Waals surface area contributed by atoms with Crippen molar-refractivity contribution in [3.8, 4) is 0 Å². The van der Waals surface area contributed by atoms with Gasteiger partial charge >= 0.3 is 0 Å². The molecule has 0 saturated carbocycles. The van der Waals surface area contributed by atoms with Crippen LogP contribution in [0.25, 0.3) is 0 Å². The van der Waals surface area contributed by atoms with E-state index in [-0.39, 0.29) is 17.5 Å². The van der Waals surface area contributed by atoms with E-state index in [1.54, 1.807) is 0 Å². The first-order chi connectivity index (χ1) is 8.90. The smallest absolute Gasteiger partial charge is 0.240 e. The van der Waals surface area contributed by atoms with E-state index in [4.69, 9.17) is 21.1 Å². The minimum absolute atomic E-state index is 0.132. The maximum absolute atomic E-state index is 12.0. The Kier molecular flexibility index (Phi) is 6.72. The van der Waals surface area contributed by atoms with E-state index < -0.39 is 10.0 Å². The number of rotatable bonds is 7. The van der Waals surface area contributed by atoms with Crippen molar-refractivity contribution in [3.05, 3.63) is 27.7 Å². The molecule has 8 heteroatoms. The van der Waals surface area contributed by atoms with Gasteiger partial charge in [-0.25, -0.2) is 13.1 Å².